The summed E-state index contributed by atoms with van der Waals surface area (Å²) in [5, 5.41) is 7.86. The smallest absolute Gasteiger partial charge is 0.321 e. The number of amides is 2. The van der Waals surface area contributed by atoms with Gasteiger partial charge in [0.05, 0.1) is 6.04 Å². The molecule has 0 saturated carbocycles. The summed E-state index contributed by atoms with van der Waals surface area (Å²) in [6.45, 7) is 1.90. The van der Waals surface area contributed by atoms with E-state index in [9.17, 15) is 4.79 Å². The molecular formula is C11H12N4OS. The molecule has 0 spiro atoms. The van der Waals surface area contributed by atoms with Gasteiger partial charge in [-0.2, -0.15) is 0 Å². The zero-order chi connectivity index (χ0) is 12.1. The van der Waals surface area contributed by atoms with Crippen LogP contribution in [0.15, 0.2) is 36.1 Å². The molecule has 0 aliphatic heterocycles. The molecular weight excluding hydrogens is 236 g/mol. The summed E-state index contributed by atoms with van der Waals surface area (Å²) in [4.78, 5) is 19.6. The molecule has 0 bridgehead atoms. The maximum Gasteiger partial charge on any atom is 0.321 e. The van der Waals surface area contributed by atoms with Crippen molar-refractivity contribution >= 4 is 22.5 Å². The minimum absolute atomic E-state index is 0.0938. The van der Waals surface area contributed by atoms with E-state index in [0.29, 0.717) is 5.13 Å². The van der Waals surface area contributed by atoms with Gasteiger partial charge in [-0.15, -0.1) is 11.3 Å². The molecule has 0 aromatic carbocycles. The number of carbonyl (C=O) groups excluding carboxylic acids is 1. The number of hydrogen-bond donors (Lipinski definition) is 2. The summed E-state index contributed by atoms with van der Waals surface area (Å²) < 4.78 is 0. The molecule has 2 heterocycles. The fourth-order valence-corrected chi connectivity index (χ4v) is 1.85. The van der Waals surface area contributed by atoms with Gasteiger partial charge in [0.1, 0.15) is 0 Å². The maximum absolute atomic E-state index is 11.6. The zero-order valence-corrected chi connectivity index (χ0v) is 10.1. The van der Waals surface area contributed by atoms with Crippen LogP contribution in [0.3, 0.4) is 0 Å². The Morgan fingerprint density at radius 2 is 2.35 bits per heavy atom. The Hall–Kier alpha value is -1.95. The number of thiazole rings is 1. The van der Waals surface area contributed by atoms with Crippen LogP contribution in [0.2, 0.25) is 0 Å². The van der Waals surface area contributed by atoms with Crippen molar-refractivity contribution < 1.29 is 4.79 Å². The van der Waals surface area contributed by atoms with E-state index in [4.69, 9.17) is 0 Å². The molecule has 2 amide bonds. The summed E-state index contributed by atoms with van der Waals surface area (Å²) in [5.74, 6) is 0. The van der Waals surface area contributed by atoms with Crippen LogP contribution in [0.25, 0.3) is 0 Å². The third-order valence-corrected chi connectivity index (χ3v) is 2.87. The molecule has 0 radical (unpaired) electrons. The molecule has 2 N–H and O–H groups in total. The standard InChI is InChI=1S/C11H12N4OS/c1-8(9-3-2-4-12-7-9)14-10(16)15-11-13-5-6-17-11/h2-8H,1H3,(H2,13,14,15,16)/t8-/m0/s1. The van der Waals surface area contributed by atoms with Gasteiger partial charge in [0.2, 0.25) is 0 Å². The number of aromatic nitrogens is 2. The van der Waals surface area contributed by atoms with E-state index in [2.05, 4.69) is 20.6 Å². The van der Waals surface area contributed by atoms with Gasteiger partial charge in [-0.1, -0.05) is 6.07 Å². The van der Waals surface area contributed by atoms with Crippen molar-refractivity contribution in [1.82, 2.24) is 15.3 Å². The van der Waals surface area contributed by atoms with Crippen molar-refractivity contribution in [2.24, 2.45) is 0 Å². The monoisotopic (exact) mass is 248 g/mol. The Labute approximate surface area is 103 Å². The molecule has 0 unspecified atom stereocenters. The second-order valence-corrected chi connectivity index (χ2v) is 4.34. The lowest BCUT2D eigenvalue weighted by Crippen LogP contribution is -2.31. The van der Waals surface area contributed by atoms with Gasteiger partial charge in [-0.05, 0) is 18.6 Å². The lowest BCUT2D eigenvalue weighted by atomic mass is 10.1. The normalized spacial score (nSPS) is 11.8. The number of urea groups is 1. The van der Waals surface area contributed by atoms with Crippen LogP contribution in [-0.4, -0.2) is 16.0 Å². The lowest BCUT2D eigenvalue weighted by molar-refractivity contribution is 0.249. The highest BCUT2D eigenvalue weighted by atomic mass is 32.1. The van der Waals surface area contributed by atoms with E-state index in [1.54, 1.807) is 24.0 Å². The average Bonchev–Trinajstić information content (AvgIpc) is 2.82. The second-order valence-electron chi connectivity index (χ2n) is 3.44. The third kappa shape index (κ3) is 3.25. The first-order valence-electron chi connectivity index (χ1n) is 5.12. The number of nitrogens with one attached hydrogen (secondary N) is 2. The summed E-state index contributed by atoms with van der Waals surface area (Å²) in [5.41, 5.74) is 0.960. The molecule has 0 aliphatic carbocycles. The molecule has 5 nitrogen and oxygen atoms in total. The van der Waals surface area contributed by atoms with Crippen LogP contribution in [0.1, 0.15) is 18.5 Å². The van der Waals surface area contributed by atoms with Crippen molar-refractivity contribution in [3.05, 3.63) is 41.7 Å². The van der Waals surface area contributed by atoms with E-state index in [1.807, 2.05) is 19.1 Å². The van der Waals surface area contributed by atoms with Crippen LogP contribution in [0.5, 0.6) is 0 Å². The Morgan fingerprint density at radius 1 is 1.47 bits per heavy atom. The molecule has 0 fully saturated rings. The van der Waals surface area contributed by atoms with E-state index >= 15 is 0 Å². The molecule has 2 rings (SSSR count). The van der Waals surface area contributed by atoms with E-state index in [1.165, 1.54) is 11.3 Å². The van der Waals surface area contributed by atoms with E-state index in [-0.39, 0.29) is 12.1 Å². The van der Waals surface area contributed by atoms with Crippen molar-refractivity contribution in [3.8, 4) is 0 Å². The lowest BCUT2D eigenvalue weighted by Gasteiger charge is -2.13. The Bertz CT molecular complexity index is 471. The minimum Gasteiger partial charge on any atom is -0.331 e. The second kappa shape index (κ2) is 5.40. The van der Waals surface area contributed by atoms with Crippen LogP contribution >= 0.6 is 11.3 Å². The predicted molar refractivity (Wildman–Crippen MR) is 66.9 cm³/mol. The van der Waals surface area contributed by atoms with Gasteiger partial charge in [0.15, 0.2) is 5.13 Å². The van der Waals surface area contributed by atoms with Gasteiger partial charge in [0, 0.05) is 24.0 Å². The largest absolute Gasteiger partial charge is 0.331 e. The van der Waals surface area contributed by atoms with Crippen LogP contribution in [-0.2, 0) is 0 Å². The maximum atomic E-state index is 11.6. The van der Waals surface area contributed by atoms with Gasteiger partial charge in [0.25, 0.3) is 0 Å². The Morgan fingerprint density at radius 3 is 3.00 bits per heavy atom. The topological polar surface area (TPSA) is 66.9 Å². The van der Waals surface area contributed by atoms with Crippen LogP contribution < -0.4 is 10.6 Å². The van der Waals surface area contributed by atoms with E-state index < -0.39 is 0 Å². The van der Waals surface area contributed by atoms with E-state index in [0.717, 1.165) is 5.56 Å². The van der Waals surface area contributed by atoms with Gasteiger partial charge < -0.3 is 5.32 Å². The quantitative estimate of drug-likeness (QED) is 0.876. The fraction of sp³-hybridized carbons (Fsp3) is 0.182. The first-order valence-corrected chi connectivity index (χ1v) is 6.00. The summed E-state index contributed by atoms with van der Waals surface area (Å²) >= 11 is 1.38. The minimum atomic E-state index is -0.267. The Balaban J connectivity index is 1.91. The first kappa shape index (κ1) is 11.5. The molecule has 2 aromatic heterocycles. The zero-order valence-electron chi connectivity index (χ0n) is 9.25. The molecule has 0 aliphatic rings. The summed E-state index contributed by atoms with van der Waals surface area (Å²) in [6.07, 6.45) is 5.07. The highest BCUT2D eigenvalue weighted by Gasteiger charge is 2.09. The average molecular weight is 248 g/mol. The van der Waals surface area contributed by atoms with Gasteiger partial charge >= 0.3 is 6.03 Å². The fourth-order valence-electron chi connectivity index (χ4n) is 1.33. The number of nitrogens with zero attached hydrogens (tertiary/aromatic N) is 2. The predicted octanol–water partition coefficient (Wildman–Crippen LogP) is 2.42. The number of pyridine rings is 1. The van der Waals surface area contributed by atoms with Crippen LogP contribution in [0.4, 0.5) is 9.93 Å². The van der Waals surface area contributed by atoms with Crippen molar-refractivity contribution in [2.45, 2.75) is 13.0 Å². The third-order valence-electron chi connectivity index (χ3n) is 2.18. The molecule has 6 heteroatoms. The first-order chi connectivity index (χ1) is 8.25. The highest BCUT2D eigenvalue weighted by Crippen LogP contribution is 2.12. The Kier molecular flexibility index (Phi) is 3.66. The molecule has 2 aromatic rings. The summed E-state index contributed by atoms with van der Waals surface area (Å²) in [6, 6.07) is 3.40. The molecule has 17 heavy (non-hydrogen) atoms. The SMILES string of the molecule is C[C@H](NC(=O)Nc1nccs1)c1cccnc1. The summed E-state index contributed by atoms with van der Waals surface area (Å²) in [7, 11) is 0. The highest BCUT2D eigenvalue weighted by molar-refractivity contribution is 7.13. The van der Waals surface area contributed by atoms with Crippen molar-refractivity contribution in [2.75, 3.05) is 5.32 Å². The molecule has 0 saturated heterocycles. The number of rotatable bonds is 3. The van der Waals surface area contributed by atoms with Crippen LogP contribution in [0, 0.1) is 0 Å². The van der Waals surface area contributed by atoms with Crippen molar-refractivity contribution in [1.29, 1.82) is 0 Å². The van der Waals surface area contributed by atoms with Gasteiger partial charge in [-0.25, -0.2) is 9.78 Å². The van der Waals surface area contributed by atoms with Crippen molar-refractivity contribution in [3.63, 3.8) is 0 Å². The van der Waals surface area contributed by atoms with Gasteiger partial charge in [-0.3, -0.25) is 10.3 Å². The molecule has 1 atom stereocenters. The number of anilines is 1. The molecule has 88 valence electrons. The number of hydrogen-bond acceptors (Lipinski definition) is 4. The number of carbonyl (C=O) groups is 1.